The van der Waals surface area contributed by atoms with Gasteiger partial charge in [0.15, 0.2) is 0 Å². The minimum absolute atomic E-state index is 0.00253. The molecule has 0 saturated carbocycles. The summed E-state index contributed by atoms with van der Waals surface area (Å²) in [6, 6.07) is 11.1. The number of hydrogen-bond acceptors (Lipinski definition) is 4. The van der Waals surface area contributed by atoms with Gasteiger partial charge in [0.1, 0.15) is 11.5 Å². The number of aryl methyl sites for hydroxylation is 2. The van der Waals surface area contributed by atoms with E-state index in [4.69, 9.17) is 10.2 Å². The normalized spacial score (nSPS) is 11.7. The highest BCUT2D eigenvalue weighted by Crippen LogP contribution is 2.35. The van der Waals surface area contributed by atoms with E-state index in [1.54, 1.807) is 48.1 Å². The minimum Gasteiger partial charge on any atom is -0.396 e. The fourth-order valence-corrected chi connectivity index (χ4v) is 3.59. The third-order valence-electron chi connectivity index (χ3n) is 4.24. The number of nitrogens with zero attached hydrogens (tertiary/aromatic N) is 2. The summed E-state index contributed by atoms with van der Waals surface area (Å²) < 4.78 is 39.7. The fraction of sp³-hybridized carbons (Fsp3) is 0.211. The molecule has 1 heterocycles. The van der Waals surface area contributed by atoms with Crippen molar-refractivity contribution in [1.29, 1.82) is 0 Å². The highest BCUT2D eigenvalue weighted by atomic mass is 32.2. The zero-order valence-corrected chi connectivity index (χ0v) is 15.6. The lowest BCUT2D eigenvalue weighted by Crippen LogP contribution is -2.13. The predicted octanol–water partition coefficient (Wildman–Crippen LogP) is 2.69. The van der Waals surface area contributed by atoms with Gasteiger partial charge in [-0.1, -0.05) is 30.3 Å². The number of rotatable bonds is 6. The molecule has 8 heteroatoms. The first kappa shape index (κ1) is 19.2. The molecule has 3 N–H and O–H groups in total. The molecule has 0 spiro atoms. The van der Waals surface area contributed by atoms with Crippen LogP contribution in [0.5, 0.6) is 0 Å². The van der Waals surface area contributed by atoms with Crippen LogP contribution in [0.25, 0.3) is 22.4 Å². The molecule has 0 bridgehead atoms. The Morgan fingerprint density at radius 1 is 1.19 bits per heavy atom. The van der Waals surface area contributed by atoms with Gasteiger partial charge in [-0.25, -0.2) is 17.9 Å². The highest BCUT2D eigenvalue weighted by molar-refractivity contribution is 7.89. The summed E-state index contributed by atoms with van der Waals surface area (Å²) in [5.74, 6) is -0.360. The first-order valence-electron chi connectivity index (χ1n) is 8.38. The summed E-state index contributed by atoms with van der Waals surface area (Å²) >= 11 is 0. The SMILES string of the molecule is Cc1ccc(-c2cn(CCCO)nc2-c2ccccc2S(N)(=O)=O)cc1F. The van der Waals surface area contributed by atoms with Crippen molar-refractivity contribution in [3.8, 4) is 22.4 Å². The summed E-state index contributed by atoms with van der Waals surface area (Å²) in [6.07, 6.45) is 2.20. The number of halogens is 1. The molecule has 27 heavy (non-hydrogen) atoms. The summed E-state index contributed by atoms with van der Waals surface area (Å²) in [5, 5.41) is 18.9. The maximum Gasteiger partial charge on any atom is 0.238 e. The van der Waals surface area contributed by atoms with E-state index in [2.05, 4.69) is 5.10 Å². The molecule has 0 amide bonds. The van der Waals surface area contributed by atoms with E-state index in [0.29, 0.717) is 40.9 Å². The molecule has 6 nitrogen and oxygen atoms in total. The molecule has 2 aromatic carbocycles. The molecule has 142 valence electrons. The lowest BCUT2D eigenvalue weighted by molar-refractivity contribution is 0.277. The first-order valence-corrected chi connectivity index (χ1v) is 9.93. The van der Waals surface area contributed by atoms with Crippen molar-refractivity contribution in [1.82, 2.24) is 9.78 Å². The maximum atomic E-state index is 14.1. The van der Waals surface area contributed by atoms with Crippen molar-refractivity contribution < 1.29 is 17.9 Å². The second kappa shape index (κ2) is 7.59. The van der Waals surface area contributed by atoms with Crippen LogP contribution < -0.4 is 5.14 Å². The van der Waals surface area contributed by atoms with E-state index < -0.39 is 10.0 Å². The summed E-state index contributed by atoms with van der Waals surface area (Å²) in [4.78, 5) is -0.0498. The van der Waals surface area contributed by atoms with E-state index in [-0.39, 0.29) is 17.3 Å². The predicted molar refractivity (Wildman–Crippen MR) is 101 cm³/mol. The van der Waals surface area contributed by atoms with Crippen LogP contribution in [0.3, 0.4) is 0 Å². The van der Waals surface area contributed by atoms with E-state index >= 15 is 0 Å². The molecule has 0 aliphatic heterocycles. The third-order valence-corrected chi connectivity index (χ3v) is 5.21. The van der Waals surface area contributed by atoms with Crippen LogP contribution in [0.1, 0.15) is 12.0 Å². The molecular weight excluding hydrogens is 369 g/mol. The van der Waals surface area contributed by atoms with Crippen LogP contribution >= 0.6 is 0 Å². The van der Waals surface area contributed by atoms with Crippen molar-refractivity contribution >= 4 is 10.0 Å². The topological polar surface area (TPSA) is 98.2 Å². The number of hydrogen-bond donors (Lipinski definition) is 2. The second-order valence-electron chi connectivity index (χ2n) is 6.24. The van der Waals surface area contributed by atoms with E-state index in [0.717, 1.165) is 0 Å². The van der Waals surface area contributed by atoms with Gasteiger partial charge in [0.2, 0.25) is 10.0 Å². The molecule has 0 saturated heterocycles. The zero-order valence-electron chi connectivity index (χ0n) is 14.8. The van der Waals surface area contributed by atoms with Crippen molar-refractivity contribution in [3.05, 3.63) is 60.0 Å². The number of nitrogens with two attached hydrogens (primary N) is 1. The minimum atomic E-state index is -3.97. The number of sulfonamides is 1. The largest absolute Gasteiger partial charge is 0.396 e. The highest BCUT2D eigenvalue weighted by Gasteiger charge is 2.21. The van der Waals surface area contributed by atoms with Crippen LogP contribution in [-0.4, -0.2) is 29.9 Å². The maximum absolute atomic E-state index is 14.1. The Balaban J connectivity index is 2.23. The molecule has 0 aliphatic carbocycles. The Bertz CT molecular complexity index is 1080. The number of primary sulfonamides is 1. The Morgan fingerprint density at radius 3 is 2.59 bits per heavy atom. The molecule has 0 radical (unpaired) electrons. The van der Waals surface area contributed by atoms with Crippen molar-refractivity contribution in [2.24, 2.45) is 5.14 Å². The Morgan fingerprint density at radius 2 is 1.93 bits per heavy atom. The molecule has 1 aromatic heterocycles. The van der Waals surface area contributed by atoms with Gasteiger partial charge in [-0.05, 0) is 36.6 Å². The number of aliphatic hydroxyl groups is 1. The van der Waals surface area contributed by atoms with Crippen LogP contribution in [-0.2, 0) is 16.6 Å². The average Bonchev–Trinajstić information content (AvgIpc) is 3.05. The van der Waals surface area contributed by atoms with Gasteiger partial charge in [0.05, 0.1) is 4.90 Å². The summed E-state index contributed by atoms with van der Waals surface area (Å²) in [7, 11) is -3.97. The number of aromatic nitrogens is 2. The zero-order chi connectivity index (χ0) is 19.6. The quantitative estimate of drug-likeness (QED) is 0.677. The fourth-order valence-electron chi connectivity index (χ4n) is 2.85. The van der Waals surface area contributed by atoms with Gasteiger partial charge in [-0.3, -0.25) is 4.68 Å². The average molecular weight is 389 g/mol. The Kier molecular flexibility index (Phi) is 5.41. The molecule has 3 rings (SSSR count). The lowest BCUT2D eigenvalue weighted by atomic mass is 10.0. The van der Waals surface area contributed by atoms with Crippen molar-refractivity contribution in [2.75, 3.05) is 6.61 Å². The number of aliphatic hydroxyl groups excluding tert-OH is 1. The van der Waals surface area contributed by atoms with Crippen molar-refractivity contribution in [2.45, 2.75) is 24.8 Å². The molecule has 0 aliphatic rings. The van der Waals surface area contributed by atoms with Gasteiger partial charge in [-0.15, -0.1) is 0 Å². The summed E-state index contributed by atoms with van der Waals surface area (Å²) in [6.45, 7) is 2.10. The van der Waals surface area contributed by atoms with Gasteiger partial charge >= 0.3 is 0 Å². The molecule has 0 unspecified atom stereocenters. The van der Waals surface area contributed by atoms with Crippen LogP contribution in [0.2, 0.25) is 0 Å². The van der Waals surface area contributed by atoms with E-state index in [1.165, 1.54) is 12.1 Å². The molecule has 3 aromatic rings. The Labute approximate surface area is 157 Å². The van der Waals surface area contributed by atoms with Gasteiger partial charge in [0.25, 0.3) is 0 Å². The monoisotopic (exact) mass is 389 g/mol. The Hall–Kier alpha value is -2.55. The number of benzene rings is 2. The van der Waals surface area contributed by atoms with Crippen LogP contribution in [0.15, 0.2) is 53.6 Å². The molecule has 0 fully saturated rings. The van der Waals surface area contributed by atoms with Gasteiger partial charge < -0.3 is 5.11 Å². The van der Waals surface area contributed by atoms with Gasteiger partial charge in [-0.2, -0.15) is 5.10 Å². The van der Waals surface area contributed by atoms with Gasteiger partial charge in [0, 0.05) is 30.5 Å². The van der Waals surface area contributed by atoms with Crippen molar-refractivity contribution in [3.63, 3.8) is 0 Å². The third kappa shape index (κ3) is 4.08. The molecule has 0 atom stereocenters. The molecular formula is C19H20FN3O3S. The van der Waals surface area contributed by atoms with E-state index in [1.807, 2.05) is 0 Å². The smallest absolute Gasteiger partial charge is 0.238 e. The second-order valence-corrected chi connectivity index (χ2v) is 7.77. The van der Waals surface area contributed by atoms with Crippen LogP contribution in [0.4, 0.5) is 4.39 Å². The van der Waals surface area contributed by atoms with Crippen LogP contribution in [0, 0.1) is 12.7 Å². The van der Waals surface area contributed by atoms with E-state index in [9.17, 15) is 12.8 Å². The summed E-state index contributed by atoms with van der Waals surface area (Å²) in [5.41, 5.74) is 2.41. The first-order chi connectivity index (χ1) is 12.8. The standard InChI is InChI=1S/C19H20FN3O3S/c1-13-7-8-14(11-17(13)20)16-12-23(9-4-10-24)22-19(16)15-5-2-3-6-18(15)27(21,25)26/h2-3,5-8,11-12,24H,4,9-10H2,1H3,(H2,21,25,26). The lowest BCUT2D eigenvalue weighted by Gasteiger charge is -2.08.